The van der Waals surface area contributed by atoms with Gasteiger partial charge < -0.3 is 4.57 Å². The van der Waals surface area contributed by atoms with Crippen molar-refractivity contribution in [3.63, 3.8) is 0 Å². The normalized spacial score (nSPS) is 15.4. The third kappa shape index (κ3) is 1.72. The van der Waals surface area contributed by atoms with E-state index in [1.165, 1.54) is 24.8 Å². The minimum atomic E-state index is 0.721. The van der Waals surface area contributed by atoms with E-state index in [-0.39, 0.29) is 0 Å². The summed E-state index contributed by atoms with van der Waals surface area (Å²) in [6.07, 6.45) is 7.73. The van der Waals surface area contributed by atoms with Crippen LogP contribution in [0.1, 0.15) is 30.7 Å². The van der Waals surface area contributed by atoms with E-state index in [4.69, 9.17) is 0 Å². The lowest BCUT2D eigenvalue weighted by Gasteiger charge is -2.25. The Hall–Kier alpha value is -2.23. The van der Waals surface area contributed by atoms with Crippen molar-refractivity contribution in [2.45, 2.75) is 25.2 Å². The zero-order valence-electron chi connectivity index (χ0n) is 11.5. The summed E-state index contributed by atoms with van der Waals surface area (Å²) in [5.74, 6) is 1.59. The molecule has 0 aliphatic heterocycles. The monoisotopic (exact) mass is 264 g/mol. The maximum Gasteiger partial charge on any atom is 0.178 e. The summed E-state index contributed by atoms with van der Waals surface area (Å²) in [5.41, 5.74) is 4.08. The number of aryl methyl sites for hydroxylation is 1. The summed E-state index contributed by atoms with van der Waals surface area (Å²) in [4.78, 5) is 13.5. The first-order valence-corrected chi connectivity index (χ1v) is 7.07. The van der Waals surface area contributed by atoms with Crippen LogP contribution in [0.4, 0.5) is 0 Å². The maximum absolute atomic E-state index is 4.60. The molecule has 0 radical (unpaired) electrons. The number of hydrogen-bond acceptors (Lipinski definition) is 3. The highest BCUT2D eigenvalue weighted by atomic mass is 15.1. The zero-order valence-corrected chi connectivity index (χ0v) is 11.5. The molecule has 0 spiro atoms. The molecule has 0 saturated heterocycles. The molecule has 0 atom stereocenters. The van der Waals surface area contributed by atoms with Crippen molar-refractivity contribution in [1.82, 2.24) is 19.5 Å². The molecule has 20 heavy (non-hydrogen) atoms. The first-order valence-electron chi connectivity index (χ1n) is 7.07. The Labute approximate surface area is 117 Å². The van der Waals surface area contributed by atoms with Crippen molar-refractivity contribution >= 4 is 11.2 Å². The average molecular weight is 264 g/mol. The van der Waals surface area contributed by atoms with Gasteiger partial charge in [-0.05, 0) is 42.5 Å². The van der Waals surface area contributed by atoms with E-state index < -0.39 is 0 Å². The number of hydrogen-bond donors (Lipinski definition) is 0. The smallest absolute Gasteiger partial charge is 0.178 e. The fraction of sp³-hybridized carbons (Fsp3) is 0.312. The summed E-state index contributed by atoms with van der Waals surface area (Å²) in [6, 6.07) is 8.23. The second-order valence-corrected chi connectivity index (χ2v) is 5.45. The maximum atomic E-state index is 4.60. The number of pyridine rings is 2. The second-order valence-electron chi connectivity index (χ2n) is 5.45. The van der Waals surface area contributed by atoms with Gasteiger partial charge in [0.1, 0.15) is 5.69 Å². The molecule has 100 valence electrons. The molecule has 3 aromatic rings. The van der Waals surface area contributed by atoms with Crippen LogP contribution in [0.25, 0.3) is 22.7 Å². The van der Waals surface area contributed by atoms with Crippen LogP contribution in [-0.4, -0.2) is 19.5 Å². The van der Waals surface area contributed by atoms with Crippen LogP contribution in [0.3, 0.4) is 0 Å². The van der Waals surface area contributed by atoms with E-state index in [1.54, 1.807) is 6.20 Å². The molecule has 0 bridgehead atoms. The predicted octanol–water partition coefficient (Wildman–Crippen LogP) is 3.30. The van der Waals surface area contributed by atoms with Crippen molar-refractivity contribution in [3.05, 3.63) is 42.2 Å². The summed E-state index contributed by atoms with van der Waals surface area (Å²) < 4.78 is 2.05. The number of imidazole rings is 1. The van der Waals surface area contributed by atoms with Gasteiger partial charge in [-0.25, -0.2) is 9.97 Å². The van der Waals surface area contributed by atoms with Crippen LogP contribution in [0, 0.1) is 0 Å². The highest BCUT2D eigenvalue weighted by Crippen LogP contribution is 2.36. The molecule has 1 fully saturated rings. The van der Waals surface area contributed by atoms with Crippen molar-refractivity contribution in [3.8, 4) is 11.5 Å². The molecular formula is C16H16N4. The highest BCUT2D eigenvalue weighted by Gasteiger charge is 2.20. The van der Waals surface area contributed by atoms with Crippen LogP contribution in [0.15, 0.2) is 36.7 Å². The Bertz CT molecular complexity index is 754. The van der Waals surface area contributed by atoms with Crippen molar-refractivity contribution in [2.75, 3.05) is 0 Å². The Morgan fingerprint density at radius 2 is 2.05 bits per heavy atom. The van der Waals surface area contributed by atoms with Gasteiger partial charge in [-0.3, -0.25) is 4.98 Å². The molecule has 0 aromatic carbocycles. The zero-order chi connectivity index (χ0) is 13.5. The minimum Gasteiger partial charge on any atom is -0.324 e. The van der Waals surface area contributed by atoms with E-state index in [0.717, 1.165) is 28.6 Å². The second kappa shape index (κ2) is 4.40. The lowest BCUT2D eigenvalue weighted by atomic mass is 9.81. The lowest BCUT2D eigenvalue weighted by Crippen LogP contribution is -2.09. The van der Waals surface area contributed by atoms with Gasteiger partial charge in [-0.15, -0.1) is 0 Å². The average Bonchev–Trinajstić information content (AvgIpc) is 2.76. The molecule has 4 heteroatoms. The third-order valence-corrected chi connectivity index (χ3v) is 4.25. The Morgan fingerprint density at radius 1 is 1.15 bits per heavy atom. The Kier molecular flexibility index (Phi) is 2.55. The van der Waals surface area contributed by atoms with E-state index in [2.05, 4.69) is 27.1 Å². The van der Waals surface area contributed by atoms with Crippen molar-refractivity contribution in [2.24, 2.45) is 7.05 Å². The van der Waals surface area contributed by atoms with Crippen LogP contribution in [-0.2, 0) is 7.05 Å². The van der Waals surface area contributed by atoms with Gasteiger partial charge in [0.2, 0.25) is 0 Å². The molecule has 3 heterocycles. The summed E-state index contributed by atoms with van der Waals surface area (Å²) in [7, 11) is 2.01. The van der Waals surface area contributed by atoms with Crippen LogP contribution >= 0.6 is 0 Å². The fourth-order valence-electron chi connectivity index (χ4n) is 2.78. The van der Waals surface area contributed by atoms with E-state index in [9.17, 15) is 0 Å². The Morgan fingerprint density at radius 3 is 2.70 bits per heavy atom. The molecule has 4 nitrogen and oxygen atoms in total. The number of aromatic nitrogens is 4. The van der Waals surface area contributed by atoms with Gasteiger partial charge in [-0.1, -0.05) is 12.5 Å². The molecule has 3 aromatic heterocycles. The molecule has 4 rings (SSSR count). The van der Waals surface area contributed by atoms with Gasteiger partial charge >= 0.3 is 0 Å². The summed E-state index contributed by atoms with van der Waals surface area (Å²) in [6.45, 7) is 0. The highest BCUT2D eigenvalue weighted by molar-refractivity contribution is 5.76. The lowest BCUT2D eigenvalue weighted by molar-refractivity contribution is 0.419. The number of rotatable bonds is 2. The molecule has 0 unspecified atom stereocenters. The van der Waals surface area contributed by atoms with Gasteiger partial charge in [-0.2, -0.15) is 0 Å². The van der Waals surface area contributed by atoms with Crippen molar-refractivity contribution in [1.29, 1.82) is 0 Å². The molecule has 1 saturated carbocycles. The van der Waals surface area contributed by atoms with E-state index >= 15 is 0 Å². The van der Waals surface area contributed by atoms with E-state index in [0.29, 0.717) is 0 Å². The van der Waals surface area contributed by atoms with E-state index in [1.807, 2.05) is 29.9 Å². The molecule has 1 aliphatic rings. The number of nitrogens with zero attached hydrogens (tertiary/aromatic N) is 4. The molecule has 0 amide bonds. The number of fused-ring (bicyclic) bond motifs is 1. The largest absolute Gasteiger partial charge is 0.324 e. The Balaban J connectivity index is 1.76. The van der Waals surface area contributed by atoms with Crippen LogP contribution < -0.4 is 0 Å². The summed E-state index contributed by atoms with van der Waals surface area (Å²) >= 11 is 0. The topological polar surface area (TPSA) is 43.6 Å². The quantitative estimate of drug-likeness (QED) is 0.713. The fourth-order valence-corrected chi connectivity index (χ4v) is 2.78. The molecule has 1 aliphatic carbocycles. The summed E-state index contributed by atoms with van der Waals surface area (Å²) in [5, 5.41) is 0. The van der Waals surface area contributed by atoms with Crippen molar-refractivity contribution < 1.29 is 0 Å². The van der Waals surface area contributed by atoms with Gasteiger partial charge in [0, 0.05) is 19.4 Å². The van der Waals surface area contributed by atoms with Gasteiger partial charge in [0.15, 0.2) is 11.5 Å². The van der Waals surface area contributed by atoms with Crippen LogP contribution in [0.2, 0.25) is 0 Å². The minimum absolute atomic E-state index is 0.721. The molecule has 0 N–H and O–H groups in total. The first-order chi connectivity index (χ1) is 9.83. The first kappa shape index (κ1) is 11.6. The third-order valence-electron chi connectivity index (χ3n) is 4.25. The SMILES string of the molecule is Cn1c(-c2ccc(C3CCC3)cn2)nc2ncccc21. The van der Waals surface area contributed by atoms with Crippen LogP contribution in [0.5, 0.6) is 0 Å². The van der Waals surface area contributed by atoms with Gasteiger partial charge in [0.25, 0.3) is 0 Å². The molecular weight excluding hydrogens is 248 g/mol. The van der Waals surface area contributed by atoms with Gasteiger partial charge in [0.05, 0.1) is 5.52 Å². The predicted molar refractivity (Wildman–Crippen MR) is 78.3 cm³/mol. The standard InChI is InChI=1S/C16H16N4/c1-20-14-6-3-9-17-15(14)19-16(20)13-8-7-12(10-18-13)11-4-2-5-11/h3,6-11H,2,4-5H2,1H3.